The summed E-state index contributed by atoms with van der Waals surface area (Å²) in [6, 6.07) is 7.07. The summed E-state index contributed by atoms with van der Waals surface area (Å²) in [5.41, 5.74) is 7.33. The van der Waals surface area contributed by atoms with Crippen LogP contribution in [0.1, 0.15) is 15.9 Å². The van der Waals surface area contributed by atoms with E-state index in [-0.39, 0.29) is 25.0 Å². The summed E-state index contributed by atoms with van der Waals surface area (Å²) in [5.74, 6) is 0.108. The number of nitrogens with one attached hydrogen (secondary N) is 1. The van der Waals surface area contributed by atoms with Crippen LogP contribution in [0.2, 0.25) is 0 Å². The molecular weight excluding hydrogens is 326 g/mol. The van der Waals surface area contributed by atoms with E-state index in [4.69, 9.17) is 15.2 Å². The van der Waals surface area contributed by atoms with E-state index in [1.165, 1.54) is 4.57 Å². The van der Waals surface area contributed by atoms with Crippen LogP contribution < -0.4 is 16.2 Å². The van der Waals surface area contributed by atoms with Crippen molar-refractivity contribution in [3.8, 4) is 6.01 Å². The Kier molecular flexibility index (Phi) is 4.75. The maximum atomic E-state index is 12.3. The van der Waals surface area contributed by atoms with Gasteiger partial charge in [0.25, 0.3) is 0 Å². The molecule has 9 heteroatoms. The quantitative estimate of drug-likeness (QED) is 0.475. The number of nitrogen functional groups attached to an aromatic ring is 1. The lowest BCUT2D eigenvalue weighted by Gasteiger charge is -2.08. The van der Waals surface area contributed by atoms with Crippen LogP contribution in [-0.4, -0.2) is 46.1 Å². The average Bonchev–Trinajstić information content (AvgIpc) is 2.92. The van der Waals surface area contributed by atoms with Gasteiger partial charge in [-0.15, -0.1) is 0 Å². The van der Waals surface area contributed by atoms with Crippen LogP contribution >= 0.6 is 0 Å². The van der Waals surface area contributed by atoms with Gasteiger partial charge in [0.2, 0.25) is 0 Å². The van der Waals surface area contributed by atoms with Crippen LogP contribution in [0.25, 0.3) is 11.2 Å². The maximum absolute atomic E-state index is 12.3. The Morgan fingerprint density at radius 3 is 2.84 bits per heavy atom. The van der Waals surface area contributed by atoms with Gasteiger partial charge >= 0.3 is 11.7 Å². The maximum Gasteiger partial charge on any atom is 0.328 e. The number of ether oxygens (including phenoxy) is 2. The SMILES string of the molecule is COCCOc1nc(N)c2[nH]c(=O)n(Cc3ccccc3C=O)c2n1. The number of anilines is 1. The zero-order chi connectivity index (χ0) is 17.8. The third kappa shape index (κ3) is 3.36. The fraction of sp³-hybridized carbons (Fsp3) is 0.250. The minimum atomic E-state index is -0.397. The van der Waals surface area contributed by atoms with Gasteiger partial charge in [-0.3, -0.25) is 9.36 Å². The minimum absolute atomic E-state index is 0.0541. The fourth-order valence-corrected chi connectivity index (χ4v) is 2.42. The zero-order valence-electron chi connectivity index (χ0n) is 13.6. The highest BCUT2D eigenvalue weighted by Crippen LogP contribution is 2.19. The summed E-state index contributed by atoms with van der Waals surface area (Å²) in [4.78, 5) is 34.4. The summed E-state index contributed by atoms with van der Waals surface area (Å²) in [7, 11) is 1.55. The van der Waals surface area contributed by atoms with Crippen molar-refractivity contribution >= 4 is 23.3 Å². The van der Waals surface area contributed by atoms with Crippen LogP contribution in [0.15, 0.2) is 29.1 Å². The largest absolute Gasteiger partial charge is 0.461 e. The molecule has 0 saturated heterocycles. The van der Waals surface area contributed by atoms with Crippen LogP contribution in [0.4, 0.5) is 5.82 Å². The molecule has 9 nitrogen and oxygen atoms in total. The number of aromatic nitrogens is 4. The zero-order valence-corrected chi connectivity index (χ0v) is 13.6. The number of fused-ring (bicyclic) bond motifs is 1. The van der Waals surface area contributed by atoms with Crippen molar-refractivity contribution in [2.45, 2.75) is 6.54 Å². The van der Waals surface area contributed by atoms with Gasteiger partial charge in [0.05, 0.1) is 13.2 Å². The molecule has 1 aromatic carbocycles. The Hall–Kier alpha value is -3.20. The predicted molar refractivity (Wildman–Crippen MR) is 90.9 cm³/mol. The molecule has 2 heterocycles. The molecule has 0 aliphatic carbocycles. The third-order valence-electron chi connectivity index (χ3n) is 3.66. The van der Waals surface area contributed by atoms with Crippen molar-refractivity contribution in [3.05, 3.63) is 45.9 Å². The summed E-state index contributed by atoms with van der Waals surface area (Å²) in [6.07, 6.45) is 0.748. The Bertz CT molecular complexity index is 963. The van der Waals surface area contributed by atoms with Gasteiger partial charge in [0.1, 0.15) is 18.4 Å². The summed E-state index contributed by atoms with van der Waals surface area (Å²) < 4.78 is 11.7. The Balaban J connectivity index is 2.03. The molecule has 0 radical (unpaired) electrons. The number of hydrogen-bond donors (Lipinski definition) is 2. The molecule has 0 bridgehead atoms. The number of benzene rings is 1. The molecule has 25 heavy (non-hydrogen) atoms. The molecule has 0 spiro atoms. The lowest BCUT2D eigenvalue weighted by atomic mass is 10.1. The third-order valence-corrected chi connectivity index (χ3v) is 3.66. The number of imidazole rings is 1. The number of nitrogens with two attached hydrogens (primary N) is 1. The second-order valence-corrected chi connectivity index (χ2v) is 5.26. The van der Waals surface area contributed by atoms with E-state index < -0.39 is 5.69 Å². The van der Waals surface area contributed by atoms with Gasteiger partial charge in [-0.2, -0.15) is 9.97 Å². The number of nitrogens with zero attached hydrogens (tertiary/aromatic N) is 3. The number of aromatic amines is 1. The molecule has 2 aromatic heterocycles. The number of aldehydes is 1. The Labute approximate surface area is 142 Å². The fourth-order valence-electron chi connectivity index (χ4n) is 2.42. The van der Waals surface area contributed by atoms with E-state index in [2.05, 4.69) is 15.0 Å². The van der Waals surface area contributed by atoms with Crippen molar-refractivity contribution < 1.29 is 14.3 Å². The highest BCUT2D eigenvalue weighted by atomic mass is 16.5. The van der Waals surface area contributed by atoms with Crippen LogP contribution in [0.3, 0.4) is 0 Å². The first kappa shape index (κ1) is 16.7. The normalized spacial score (nSPS) is 10.9. The molecule has 0 unspecified atom stereocenters. The highest BCUT2D eigenvalue weighted by molar-refractivity contribution is 5.82. The molecular formula is C16H17N5O4. The highest BCUT2D eigenvalue weighted by Gasteiger charge is 2.15. The van der Waals surface area contributed by atoms with Gasteiger partial charge in [-0.05, 0) is 5.56 Å². The van der Waals surface area contributed by atoms with Crippen LogP contribution in [0.5, 0.6) is 6.01 Å². The monoisotopic (exact) mass is 343 g/mol. The summed E-state index contributed by atoms with van der Waals surface area (Å²) >= 11 is 0. The molecule has 0 amide bonds. The van der Waals surface area contributed by atoms with Gasteiger partial charge in [-0.1, -0.05) is 24.3 Å². The van der Waals surface area contributed by atoms with Gasteiger partial charge < -0.3 is 20.2 Å². The summed E-state index contributed by atoms with van der Waals surface area (Å²) in [6.45, 7) is 0.791. The van der Waals surface area contributed by atoms with Crippen LogP contribution in [-0.2, 0) is 11.3 Å². The number of carbonyl (C=O) groups is 1. The molecule has 3 N–H and O–H groups in total. The van der Waals surface area contributed by atoms with Gasteiger partial charge in [0.15, 0.2) is 11.5 Å². The molecule has 0 atom stereocenters. The first-order valence-electron chi connectivity index (χ1n) is 7.55. The lowest BCUT2D eigenvalue weighted by Crippen LogP contribution is -2.18. The number of rotatable bonds is 7. The summed E-state index contributed by atoms with van der Waals surface area (Å²) in [5, 5.41) is 0. The molecule has 130 valence electrons. The Morgan fingerprint density at radius 1 is 1.28 bits per heavy atom. The van der Waals surface area contributed by atoms with Crippen LogP contribution in [0, 0.1) is 0 Å². The number of methoxy groups -OCH3 is 1. The van der Waals surface area contributed by atoms with Crippen molar-refractivity contribution in [3.63, 3.8) is 0 Å². The van der Waals surface area contributed by atoms with E-state index in [0.29, 0.717) is 28.9 Å². The van der Waals surface area contributed by atoms with Crippen molar-refractivity contribution in [1.82, 2.24) is 19.5 Å². The van der Waals surface area contributed by atoms with Crippen molar-refractivity contribution in [2.75, 3.05) is 26.1 Å². The number of hydrogen-bond acceptors (Lipinski definition) is 7. The van der Waals surface area contributed by atoms with E-state index in [0.717, 1.165) is 6.29 Å². The molecule has 0 aliphatic heterocycles. The predicted octanol–water partition coefficient (Wildman–Crippen LogP) is 0.588. The standard InChI is InChI=1S/C16H17N5O4/c1-24-6-7-25-15-19-13(17)12-14(20-15)21(16(23)18-12)8-10-4-2-3-5-11(10)9-22/h2-5,9H,6-8H2,1H3,(H,18,23)(H2,17,19,20). The number of H-pyrrole nitrogens is 1. The first-order valence-corrected chi connectivity index (χ1v) is 7.55. The second-order valence-electron chi connectivity index (χ2n) is 5.26. The smallest absolute Gasteiger partial charge is 0.328 e. The molecule has 0 fully saturated rings. The molecule has 3 aromatic rings. The van der Waals surface area contributed by atoms with E-state index in [1.807, 2.05) is 0 Å². The Morgan fingerprint density at radius 2 is 2.08 bits per heavy atom. The second kappa shape index (κ2) is 7.14. The van der Waals surface area contributed by atoms with Crippen molar-refractivity contribution in [2.24, 2.45) is 0 Å². The number of carbonyl (C=O) groups excluding carboxylic acids is 1. The topological polar surface area (TPSA) is 125 Å². The van der Waals surface area contributed by atoms with E-state index in [9.17, 15) is 9.59 Å². The lowest BCUT2D eigenvalue weighted by molar-refractivity contribution is 0.112. The van der Waals surface area contributed by atoms with Gasteiger partial charge in [0, 0.05) is 12.7 Å². The molecule has 0 saturated carbocycles. The first-order chi connectivity index (χ1) is 12.1. The van der Waals surface area contributed by atoms with E-state index in [1.54, 1.807) is 31.4 Å². The molecule has 0 aliphatic rings. The van der Waals surface area contributed by atoms with Gasteiger partial charge in [-0.25, -0.2) is 4.79 Å². The average molecular weight is 343 g/mol. The van der Waals surface area contributed by atoms with E-state index >= 15 is 0 Å². The minimum Gasteiger partial charge on any atom is -0.461 e. The van der Waals surface area contributed by atoms with Crippen molar-refractivity contribution in [1.29, 1.82) is 0 Å². The molecule has 3 rings (SSSR count).